The average Bonchev–Trinajstić information content (AvgIpc) is 2.44. The molecule has 2 amide bonds. The van der Waals surface area contributed by atoms with Crippen LogP contribution >= 0.6 is 0 Å². The Labute approximate surface area is 117 Å². The van der Waals surface area contributed by atoms with Crippen LogP contribution in [0.2, 0.25) is 0 Å². The van der Waals surface area contributed by atoms with Crippen LogP contribution in [0.25, 0.3) is 0 Å². The molecule has 8 nitrogen and oxygen atoms in total. The zero-order chi connectivity index (χ0) is 15.0. The number of nitrogen functional groups attached to an aromatic ring is 1. The molecule has 0 bridgehead atoms. The number of anilines is 1. The second kappa shape index (κ2) is 8.08. The van der Waals surface area contributed by atoms with E-state index in [1.807, 2.05) is 0 Å². The SMILES string of the molecule is COCCNC(=O)CNC(=O)c1cc(C)nc(NN)c1. The molecule has 8 heteroatoms. The molecule has 110 valence electrons. The van der Waals surface area contributed by atoms with Gasteiger partial charge in [0.2, 0.25) is 5.91 Å². The van der Waals surface area contributed by atoms with Crippen LogP contribution in [0.15, 0.2) is 12.1 Å². The van der Waals surface area contributed by atoms with E-state index in [-0.39, 0.29) is 18.4 Å². The Bertz CT molecular complexity index is 478. The smallest absolute Gasteiger partial charge is 0.251 e. The van der Waals surface area contributed by atoms with Gasteiger partial charge >= 0.3 is 0 Å². The number of aromatic nitrogens is 1. The van der Waals surface area contributed by atoms with Gasteiger partial charge in [-0.1, -0.05) is 0 Å². The molecule has 1 aromatic rings. The molecular weight excluding hydrogens is 262 g/mol. The van der Waals surface area contributed by atoms with Gasteiger partial charge in [-0.3, -0.25) is 9.59 Å². The normalized spacial score (nSPS) is 9.95. The molecule has 0 spiro atoms. The van der Waals surface area contributed by atoms with Crippen molar-refractivity contribution in [2.45, 2.75) is 6.92 Å². The summed E-state index contributed by atoms with van der Waals surface area (Å²) in [6.07, 6.45) is 0. The molecule has 0 aromatic carbocycles. The van der Waals surface area contributed by atoms with Crippen LogP contribution in [0.4, 0.5) is 5.82 Å². The first kappa shape index (κ1) is 15.9. The Balaban J connectivity index is 2.50. The van der Waals surface area contributed by atoms with Gasteiger partial charge in [0.1, 0.15) is 5.82 Å². The van der Waals surface area contributed by atoms with Crippen LogP contribution < -0.4 is 21.9 Å². The summed E-state index contributed by atoms with van der Waals surface area (Å²) in [6, 6.07) is 3.12. The summed E-state index contributed by atoms with van der Waals surface area (Å²) >= 11 is 0. The molecule has 1 heterocycles. The first-order valence-electron chi connectivity index (χ1n) is 6.06. The van der Waals surface area contributed by atoms with E-state index in [0.29, 0.717) is 30.2 Å². The third-order valence-electron chi connectivity index (χ3n) is 2.40. The fourth-order valence-electron chi connectivity index (χ4n) is 1.49. The van der Waals surface area contributed by atoms with Gasteiger partial charge in [-0.05, 0) is 19.1 Å². The Morgan fingerprint density at radius 3 is 2.75 bits per heavy atom. The lowest BCUT2D eigenvalue weighted by Crippen LogP contribution is -2.38. The third kappa shape index (κ3) is 5.21. The number of rotatable bonds is 7. The van der Waals surface area contributed by atoms with E-state index in [2.05, 4.69) is 21.0 Å². The molecule has 0 aliphatic rings. The third-order valence-corrected chi connectivity index (χ3v) is 2.40. The molecule has 0 saturated heterocycles. The summed E-state index contributed by atoms with van der Waals surface area (Å²) in [5.41, 5.74) is 3.41. The standard InChI is InChI=1S/C12H19N5O3/c1-8-5-9(6-10(16-8)17-13)12(19)15-7-11(18)14-3-4-20-2/h5-6H,3-4,7,13H2,1-2H3,(H,14,18)(H,15,19)(H,16,17). The summed E-state index contributed by atoms with van der Waals surface area (Å²) in [7, 11) is 1.54. The number of amides is 2. The average molecular weight is 281 g/mol. The number of hydrogen-bond acceptors (Lipinski definition) is 6. The van der Waals surface area contributed by atoms with E-state index in [4.69, 9.17) is 10.6 Å². The molecule has 0 radical (unpaired) electrons. The van der Waals surface area contributed by atoms with Crippen LogP contribution in [0.3, 0.4) is 0 Å². The molecule has 1 aromatic heterocycles. The highest BCUT2D eigenvalue weighted by Gasteiger charge is 2.09. The van der Waals surface area contributed by atoms with E-state index in [1.54, 1.807) is 20.1 Å². The minimum absolute atomic E-state index is 0.102. The van der Waals surface area contributed by atoms with Crippen LogP contribution in [-0.4, -0.2) is 43.6 Å². The molecule has 5 N–H and O–H groups in total. The Hall–Kier alpha value is -2.19. The lowest BCUT2D eigenvalue weighted by atomic mass is 10.2. The lowest BCUT2D eigenvalue weighted by molar-refractivity contribution is -0.120. The molecule has 0 saturated carbocycles. The fourth-order valence-corrected chi connectivity index (χ4v) is 1.49. The number of aryl methyl sites for hydroxylation is 1. The highest BCUT2D eigenvalue weighted by atomic mass is 16.5. The lowest BCUT2D eigenvalue weighted by Gasteiger charge is -2.08. The number of hydrogen-bond donors (Lipinski definition) is 4. The van der Waals surface area contributed by atoms with E-state index in [9.17, 15) is 9.59 Å². The summed E-state index contributed by atoms with van der Waals surface area (Å²) in [6.45, 7) is 2.47. The van der Waals surface area contributed by atoms with Gasteiger partial charge in [0.25, 0.3) is 5.91 Å². The van der Waals surface area contributed by atoms with Gasteiger partial charge in [0.15, 0.2) is 0 Å². The molecular formula is C12H19N5O3. The topological polar surface area (TPSA) is 118 Å². The van der Waals surface area contributed by atoms with Crippen LogP contribution in [0.1, 0.15) is 16.1 Å². The molecule has 0 fully saturated rings. The van der Waals surface area contributed by atoms with Crippen molar-refractivity contribution in [1.29, 1.82) is 0 Å². The van der Waals surface area contributed by atoms with Gasteiger partial charge in [0, 0.05) is 24.9 Å². The first-order valence-corrected chi connectivity index (χ1v) is 6.06. The van der Waals surface area contributed by atoms with E-state index in [1.165, 1.54) is 6.07 Å². The quantitative estimate of drug-likeness (QED) is 0.294. The second-order valence-corrected chi connectivity index (χ2v) is 4.05. The number of nitrogens with one attached hydrogen (secondary N) is 3. The maximum absolute atomic E-state index is 11.9. The zero-order valence-electron chi connectivity index (χ0n) is 11.5. The number of pyridine rings is 1. The van der Waals surface area contributed by atoms with Crippen molar-refractivity contribution >= 4 is 17.6 Å². The highest BCUT2D eigenvalue weighted by Crippen LogP contribution is 2.08. The fraction of sp³-hybridized carbons (Fsp3) is 0.417. The Morgan fingerprint density at radius 1 is 1.35 bits per heavy atom. The summed E-state index contributed by atoms with van der Waals surface area (Å²) < 4.78 is 4.80. The van der Waals surface area contributed by atoms with Crippen molar-refractivity contribution in [2.75, 3.05) is 32.2 Å². The summed E-state index contributed by atoms with van der Waals surface area (Å²) in [4.78, 5) is 27.4. The van der Waals surface area contributed by atoms with Gasteiger partial charge in [0.05, 0.1) is 13.2 Å². The van der Waals surface area contributed by atoms with Crippen molar-refractivity contribution < 1.29 is 14.3 Å². The number of nitrogens with two attached hydrogens (primary N) is 1. The number of ether oxygens (including phenoxy) is 1. The van der Waals surface area contributed by atoms with Gasteiger partial charge in [-0.25, -0.2) is 10.8 Å². The van der Waals surface area contributed by atoms with Crippen molar-refractivity contribution in [2.24, 2.45) is 5.84 Å². The molecule has 0 atom stereocenters. The Morgan fingerprint density at radius 2 is 2.10 bits per heavy atom. The van der Waals surface area contributed by atoms with Gasteiger partial charge in [-0.2, -0.15) is 0 Å². The van der Waals surface area contributed by atoms with E-state index >= 15 is 0 Å². The molecule has 0 aliphatic carbocycles. The molecule has 0 aliphatic heterocycles. The van der Waals surface area contributed by atoms with Crippen LogP contribution in [-0.2, 0) is 9.53 Å². The zero-order valence-corrected chi connectivity index (χ0v) is 11.5. The van der Waals surface area contributed by atoms with Crippen molar-refractivity contribution in [3.63, 3.8) is 0 Å². The number of hydrazine groups is 1. The number of carbonyl (C=O) groups is 2. The largest absolute Gasteiger partial charge is 0.383 e. The predicted molar refractivity (Wildman–Crippen MR) is 74.0 cm³/mol. The van der Waals surface area contributed by atoms with Crippen molar-refractivity contribution in [1.82, 2.24) is 15.6 Å². The minimum Gasteiger partial charge on any atom is -0.383 e. The van der Waals surface area contributed by atoms with E-state index in [0.717, 1.165) is 0 Å². The minimum atomic E-state index is -0.367. The Kier molecular flexibility index (Phi) is 6.41. The van der Waals surface area contributed by atoms with Crippen LogP contribution in [0.5, 0.6) is 0 Å². The maximum atomic E-state index is 11.9. The number of methoxy groups -OCH3 is 1. The molecule has 0 unspecified atom stereocenters. The first-order chi connectivity index (χ1) is 9.56. The molecule has 20 heavy (non-hydrogen) atoms. The van der Waals surface area contributed by atoms with Crippen molar-refractivity contribution in [3.8, 4) is 0 Å². The summed E-state index contributed by atoms with van der Waals surface area (Å²) in [5, 5.41) is 5.12. The van der Waals surface area contributed by atoms with Crippen LogP contribution in [0, 0.1) is 6.92 Å². The molecule has 1 rings (SSSR count). The van der Waals surface area contributed by atoms with E-state index < -0.39 is 0 Å². The summed E-state index contributed by atoms with van der Waals surface area (Å²) in [5.74, 6) is 5.00. The van der Waals surface area contributed by atoms with Crippen molar-refractivity contribution in [3.05, 3.63) is 23.4 Å². The van der Waals surface area contributed by atoms with Gasteiger partial charge < -0.3 is 20.8 Å². The van der Waals surface area contributed by atoms with Gasteiger partial charge in [-0.15, -0.1) is 0 Å². The monoisotopic (exact) mass is 281 g/mol. The number of nitrogens with zero attached hydrogens (tertiary/aromatic N) is 1. The predicted octanol–water partition coefficient (Wildman–Crippen LogP) is -0.832. The number of carbonyl (C=O) groups excluding carboxylic acids is 2. The highest BCUT2D eigenvalue weighted by molar-refractivity contribution is 5.97. The maximum Gasteiger partial charge on any atom is 0.251 e. The second-order valence-electron chi connectivity index (χ2n) is 4.05.